The van der Waals surface area contributed by atoms with Crippen molar-refractivity contribution in [3.05, 3.63) is 88.5 Å². The first-order chi connectivity index (χ1) is 13.0. The van der Waals surface area contributed by atoms with Crippen LogP contribution >= 0.6 is 0 Å². The molecule has 0 spiro atoms. The Morgan fingerprint density at radius 1 is 0.852 bits per heavy atom. The highest BCUT2D eigenvalue weighted by atomic mass is 16.3. The fraction of sp³-hybridized carbons (Fsp3) is 0.0909. The summed E-state index contributed by atoms with van der Waals surface area (Å²) in [4.78, 5) is 26.1. The average Bonchev–Trinajstić information content (AvgIpc) is 2.63. The van der Waals surface area contributed by atoms with Crippen LogP contribution in [0, 0.1) is 0 Å². The van der Waals surface area contributed by atoms with Crippen molar-refractivity contribution in [1.29, 1.82) is 0 Å². The summed E-state index contributed by atoms with van der Waals surface area (Å²) in [5, 5.41) is 20.5. The highest BCUT2D eigenvalue weighted by molar-refractivity contribution is 6.18. The number of rotatable bonds is 3. The van der Waals surface area contributed by atoms with Crippen LogP contribution in [0.1, 0.15) is 38.5 Å². The molecule has 0 aliphatic heterocycles. The van der Waals surface area contributed by atoms with E-state index in [1.807, 2.05) is 0 Å². The van der Waals surface area contributed by atoms with Crippen LogP contribution in [-0.4, -0.2) is 21.8 Å². The highest BCUT2D eigenvalue weighted by Gasteiger charge is 2.38. The fourth-order valence-electron chi connectivity index (χ4n) is 3.67. The Labute approximate surface area is 155 Å². The molecule has 0 amide bonds. The van der Waals surface area contributed by atoms with Gasteiger partial charge in [0.1, 0.15) is 17.3 Å². The zero-order valence-electron chi connectivity index (χ0n) is 14.3. The number of phenols is 2. The first kappa shape index (κ1) is 16.8. The van der Waals surface area contributed by atoms with Gasteiger partial charge in [-0.05, 0) is 41.0 Å². The van der Waals surface area contributed by atoms with E-state index in [9.17, 15) is 19.8 Å². The van der Waals surface area contributed by atoms with Gasteiger partial charge in [0.2, 0.25) is 5.78 Å². The van der Waals surface area contributed by atoms with E-state index in [-0.39, 0.29) is 34.8 Å². The van der Waals surface area contributed by atoms with E-state index in [0.717, 1.165) is 5.56 Å². The zero-order valence-corrected chi connectivity index (χ0v) is 14.3. The van der Waals surface area contributed by atoms with E-state index in [1.165, 1.54) is 12.1 Å². The predicted octanol–water partition coefficient (Wildman–Crippen LogP) is 3.17. The third-order valence-corrected chi connectivity index (χ3v) is 4.91. The normalized spacial score (nSPS) is 13.1. The first-order valence-electron chi connectivity index (χ1n) is 8.53. The molecule has 0 radical (unpaired) electrons. The van der Waals surface area contributed by atoms with E-state index >= 15 is 0 Å². The van der Waals surface area contributed by atoms with Crippen LogP contribution in [0.4, 0.5) is 5.69 Å². The lowest BCUT2D eigenvalue weighted by molar-refractivity contribution is -0.119. The standard InChI is InChI=1S/C22H17NO4/c23-13-9-7-12(8-10-13)11-18(26)19-14-3-1-5-16(24)20(14)22(27)21-15(19)4-2-6-17(21)25/h1-10,19,24-25H,11,23H2. The second kappa shape index (κ2) is 6.29. The van der Waals surface area contributed by atoms with Gasteiger partial charge < -0.3 is 15.9 Å². The summed E-state index contributed by atoms with van der Waals surface area (Å²) in [6.07, 6.45) is 0.142. The molecular formula is C22H17NO4. The SMILES string of the molecule is Nc1ccc(CC(=O)C2c3cccc(O)c3C(=O)c3c(O)cccc32)cc1. The first-order valence-corrected chi connectivity index (χ1v) is 8.53. The fourth-order valence-corrected chi connectivity index (χ4v) is 3.67. The molecule has 0 bridgehead atoms. The average molecular weight is 359 g/mol. The minimum absolute atomic E-state index is 0.0714. The van der Waals surface area contributed by atoms with Gasteiger partial charge in [-0.25, -0.2) is 0 Å². The maximum atomic E-state index is 13.2. The smallest absolute Gasteiger partial charge is 0.201 e. The molecule has 3 aromatic rings. The molecule has 1 aliphatic carbocycles. The number of phenolic OH excluding ortho intramolecular Hbond substituents is 2. The quantitative estimate of drug-likeness (QED) is 0.624. The molecule has 4 N–H and O–H groups in total. The number of carbonyl (C=O) groups excluding carboxylic acids is 2. The summed E-state index contributed by atoms with van der Waals surface area (Å²) in [6.45, 7) is 0. The van der Waals surface area contributed by atoms with E-state index in [0.29, 0.717) is 16.8 Å². The lowest BCUT2D eigenvalue weighted by Crippen LogP contribution is -2.26. The summed E-state index contributed by atoms with van der Waals surface area (Å²) in [5.41, 5.74) is 8.17. The number of anilines is 1. The third-order valence-electron chi connectivity index (χ3n) is 4.91. The van der Waals surface area contributed by atoms with Gasteiger partial charge in [-0.3, -0.25) is 9.59 Å². The van der Waals surface area contributed by atoms with Crippen molar-refractivity contribution in [1.82, 2.24) is 0 Å². The molecule has 134 valence electrons. The molecule has 4 rings (SSSR count). The van der Waals surface area contributed by atoms with Gasteiger partial charge in [-0.2, -0.15) is 0 Å². The third kappa shape index (κ3) is 2.73. The topological polar surface area (TPSA) is 101 Å². The molecule has 0 atom stereocenters. The second-order valence-corrected chi connectivity index (χ2v) is 6.63. The molecule has 27 heavy (non-hydrogen) atoms. The summed E-state index contributed by atoms with van der Waals surface area (Å²) in [7, 11) is 0. The number of hydrogen-bond donors (Lipinski definition) is 3. The molecule has 0 heterocycles. The Morgan fingerprint density at radius 3 is 1.89 bits per heavy atom. The minimum Gasteiger partial charge on any atom is -0.507 e. The lowest BCUT2D eigenvalue weighted by atomic mass is 9.74. The summed E-state index contributed by atoms with van der Waals surface area (Å²) >= 11 is 0. The monoisotopic (exact) mass is 359 g/mol. The Hall–Kier alpha value is -3.60. The van der Waals surface area contributed by atoms with Gasteiger partial charge in [-0.1, -0.05) is 36.4 Å². The summed E-state index contributed by atoms with van der Waals surface area (Å²) in [5.74, 6) is -1.75. The number of fused-ring (bicyclic) bond motifs is 2. The zero-order chi connectivity index (χ0) is 19.1. The molecule has 5 nitrogen and oxygen atoms in total. The van der Waals surface area contributed by atoms with Crippen LogP contribution in [0.5, 0.6) is 11.5 Å². The number of ketones is 2. The van der Waals surface area contributed by atoms with Crippen molar-refractivity contribution in [2.24, 2.45) is 0 Å². The molecule has 0 saturated carbocycles. The van der Waals surface area contributed by atoms with Gasteiger partial charge in [0.25, 0.3) is 0 Å². The second-order valence-electron chi connectivity index (χ2n) is 6.63. The molecule has 5 heteroatoms. The van der Waals surface area contributed by atoms with Gasteiger partial charge >= 0.3 is 0 Å². The maximum Gasteiger partial charge on any atom is 0.201 e. The van der Waals surface area contributed by atoms with Crippen molar-refractivity contribution >= 4 is 17.3 Å². The van der Waals surface area contributed by atoms with E-state index in [2.05, 4.69) is 0 Å². The number of aromatic hydroxyl groups is 2. The van der Waals surface area contributed by atoms with Crippen LogP contribution in [0.15, 0.2) is 60.7 Å². The number of benzene rings is 3. The Kier molecular flexibility index (Phi) is 3.92. The number of Topliss-reactive ketones (excluding diaryl/α,β-unsaturated/α-hetero) is 1. The van der Waals surface area contributed by atoms with Crippen molar-refractivity contribution in [3.8, 4) is 11.5 Å². The minimum atomic E-state index is -0.746. The van der Waals surface area contributed by atoms with E-state index < -0.39 is 11.7 Å². The van der Waals surface area contributed by atoms with Gasteiger partial charge in [0.05, 0.1) is 17.0 Å². The lowest BCUT2D eigenvalue weighted by Gasteiger charge is -2.27. The van der Waals surface area contributed by atoms with Crippen LogP contribution < -0.4 is 5.73 Å². The molecule has 0 fully saturated rings. The Bertz CT molecular complexity index is 1010. The van der Waals surface area contributed by atoms with Gasteiger partial charge in [-0.15, -0.1) is 0 Å². The Balaban J connectivity index is 1.85. The maximum absolute atomic E-state index is 13.2. The van der Waals surface area contributed by atoms with Crippen molar-refractivity contribution in [2.45, 2.75) is 12.3 Å². The molecule has 0 saturated heterocycles. The number of nitrogens with two attached hydrogens (primary N) is 1. The summed E-state index contributed by atoms with van der Waals surface area (Å²) < 4.78 is 0. The van der Waals surface area contributed by atoms with Gasteiger partial charge in [0, 0.05) is 12.1 Å². The number of nitrogen functional groups attached to an aromatic ring is 1. The van der Waals surface area contributed by atoms with Crippen molar-refractivity contribution in [2.75, 3.05) is 5.73 Å². The van der Waals surface area contributed by atoms with Crippen LogP contribution in [-0.2, 0) is 11.2 Å². The molecule has 0 aromatic heterocycles. The van der Waals surface area contributed by atoms with Crippen molar-refractivity contribution < 1.29 is 19.8 Å². The predicted molar refractivity (Wildman–Crippen MR) is 101 cm³/mol. The highest BCUT2D eigenvalue weighted by Crippen LogP contribution is 2.43. The van der Waals surface area contributed by atoms with E-state index in [1.54, 1.807) is 48.5 Å². The molecular weight excluding hydrogens is 342 g/mol. The Morgan fingerprint density at radius 2 is 1.37 bits per heavy atom. The van der Waals surface area contributed by atoms with E-state index in [4.69, 9.17) is 5.73 Å². The molecule has 0 unspecified atom stereocenters. The molecule has 1 aliphatic rings. The molecule has 3 aromatic carbocycles. The van der Waals surface area contributed by atoms with Crippen LogP contribution in [0.3, 0.4) is 0 Å². The number of carbonyl (C=O) groups is 2. The van der Waals surface area contributed by atoms with Gasteiger partial charge in [0.15, 0.2) is 0 Å². The van der Waals surface area contributed by atoms with Crippen molar-refractivity contribution in [3.63, 3.8) is 0 Å². The van der Waals surface area contributed by atoms with Crippen LogP contribution in [0.25, 0.3) is 0 Å². The largest absolute Gasteiger partial charge is 0.507 e. The summed E-state index contributed by atoms with van der Waals surface area (Å²) in [6, 6.07) is 16.4. The number of hydrogen-bond acceptors (Lipinski definition) is 5. The van der Waals surface area contributed by atoms with Crippen LogP contribution in [0.2, 0.25) is 0 Å².